The number of rotatable bonds is 5. The second-order valence-electron chi connectivity index (χ2n) is 6.26. The van der Waals surface area contributed by atoms with Crippen LogP contribution < -0.4 is 5.32 Å². The second-order valence-corrected chi connectivity index (χ2v) is 10.1. The number of methoxy groups -OCH3 is 1. The molecular weight excluding hydrogens is 468 g/mol. The molecule has 3 aromatic rings. The largest absolute Gasteiger partial charge is 0.465 e. The van der Waals surface area contributed by atoms with Crippen molar-refractivity contribution in [3.05, 3.63) is 48.4 Å². The molecule has 8 heteroatoms. The number of thiophene rings is 1. The minimum absolute atomic E-state index is 0.318. The second kappa shape index (κ2) is 8.31. The van der Waals surface area contributed by atoms with E-state index in [-0.39, 0.29) is 5.97 Å². The van der Waals surface area contributed by atoms with Crippen LogP contribution in [0.2, 0.25) is 5.02 Å². The molecule has 0 aliphatic carbocycles. The third kappa shape index (κ3) is 4.37. The first-order valence-corrected chi connectivity index (χ1v) is 11.0. The molecular formula is C19H18BrClN2O2S2. The number of ether oxygens (including phenoxy) is 1. The maximum Gasteiger partial charge on any atom is 0.350 e. The molecule has 0 radical (unpaired) electrons. The fraction of sp³-hybridized carbons (Fsp3) is 0.263. The van der Waals surface area contributed by atoms with Gasteiger partial charge in [0.15, 0.2) is 5.13 Å². The summed E-state index contributed by atoms with van der Waals surface area (Å²) in [6, 6.07) is 7.79. The summed E-state index contributed by atoms with van der Waals surface area (Å²) < 4.78 is 5.72. The van der Waals surface area contributed by atoms with Crippen molar-refractivity contribution in [3.63, 3.8) is 0 Å². The van der Waals surface area contributed by atoms with E-state index >= 15 is 0 Å². The first-order chi connectivity index (χ1) is 12.8. The number of nitrogens with one attached hydrogen (secondary N) is 1. The predicted octanol–water partition coefficient (Wildman–Crippen LogP) is 7.25. The number of thiazole rings is 1. The van der Waals surface area contributed by atoms with E-state index in [0.29, 0.717) is 16.5 Å². The first-order valence-electron chi connectivity index (χ1n) is 8.22. The summed E-state index contributed by atoms with van der Waals surface area (Å²) in [6.45, 7) is 6.27. The van der Waals surface area contributed by atoms with E-state index in [4.69, 9.17) is 21.3 Å². The molecule has 27 heavy (non-hydrogen) atoms. The summed E-state index contributed by atoms with van der Waals surface area (Å²) in [4.78, 5) is 18.5. The summed E-state index contributed by atoms with van der Waals surface area (Å²) >= 11 is 12.5. The number of halogens is 2. The van der Waals surface area contributed by atoms with Crippen LogP contribution in [0.5, 0.6) is 0 Å². The molecule has 1 N–H and O–H groups in total. The molecule has 2 aromatic heterocycles. The van der Waals surface area contributed by atoms with Crippen molar-refractivity contribution in [2.45, 2.75) is 26.7 Å². The zero-order valence-corrected chi connectivity index (χ0v) is 19.2. The van der Waals surface area contributed by atoms with E-state index < -0.39 is 0 Å². The average Bonchev–Trinajstić information content (AvgIpc) is 3.20. The molecule has 0 saturated carbocycles. The van der Waals surface area contributed by atoms with Crippen LogP contribution in [0.3, 0.4) is 0 Å². The van der Waals surface area contributed by atoms with Gasteiger partial charge in [-0.3, -0.25) is 0 Å². The van der Waals surface area contributed by atoms with Crippen LogP contribution in [0, 0.1) is 6.92 Å². The molecule has 0 saturated heterocycles. The number of anilines is 2. The van der Waals surface area contributed by atoms with Crippen LogP contribution in [-0.4, -0.2) is 18.1 Å². The van der Waals surface area contributed by atoms with Crippen LogP contribution in [0.4, 0.5) is 10.8 Å². The van der Waals surface area contributed by atoms with Crippen molar-refractivity contribution >= 4 is 67.0 Å². The lowest BCUT2D eigenvalue weighted by Crippen LogP contribution is -2.01. The Balaban J connectivity index is 2.01. The van der Waals surface area contributed by atoms with Gasteiger partial charge in [-0.05, 0) is 52.5 Å². The monoisotopic (exact) mass is 484 g/mol. The average molecular weight is 486 g/mol. The summed E-state index contributed by atoms with van der Waals surface area (Å²) in [7, 11) is 1.38. The molecule has 0 aliphatic heterocycles. The van der Waals surface area contributed by atoms with Crippen molar-refractivity contribution in [1.29, 1.82) is 0 Å². The van der Waals surface area contributed by atoms with E-state index in [9.17, 15) is 4.79 Å². The molecule has 4 nitrogen and oxygen atoms in total. The number of carbonyl (C=O) groups is 1. The molecule has 0 atom stereocenters. The number of benzene rings is 1. The number of nitrogens with zero attached hydrogens (tertiary/aromatic N) is 1. The molecule has 0 spiro atoms. The van der Waals surface area contributed by atoms with Gasteiger partial charge in [0.25, 0.3) is 0 Å². The normalized spacial score (nSPS) is 11.1. The fourth-order valence-electron chi connectivity index (χ4n) is 2.59. The molecule has 0 bridgehead atoms. The van der Waals surface area contributed by atoms with Gasteiger partial charge < -0.3 is 10.1 Å². The lowest BCUT2D eigenvalue weighted by Gasteiger charge is -2.06. The smallest absolute Gasteiger partial charge is 0.350 e. The Hall–Kier alpha value is -1.41. The topological polar surface area (TPSA) is 51.2 Å². The Morgan fingerprint density at radius 3 is 2.67 bits per heavy atom. The highest BCUT2D eigenvalue weighted by atomic mass is 79.9. The highest BCUT2D eigenvalue weighted by Gasteiger charge is 2.20. The van der Waals surface area contributed by atoms with E-state index in [1.54, 1.807) is 11.3 Å². The Morgan fingerprint density at radius 2 is 2.04 bits per heavy atom. The van der Waals surface area contributed by atoms with Gasteiger partial charge in [-0.15, -0.1) is 22.7 Å². The standard InChI is InChI=1S/C19H18BrClN2O2S2/c1-9(2)16-15(11-5-6-12(21)10(3)7-11)23-19(27-16)22-13-8-14(20)26-17(13)18(24)25-4/h5-9H,1-4H3,(H,22,23). The Bertz CT molecular complexity index is 998. The Morgan fingerprint density at radius 1 is 1.30 bits per heavy atom. The minimum Gasteiger partial charge on any atom is -0.465 e. The van der Waals surface area contributed by atoms with E-state index in [1.165, 1.54) is 23.3 Å². The summed E-state index contributed by atoms with van der Waals surface area (Å²) in [5.74, 6) is -0.0549. The van der Waals surface area contributed by atoms with Crippen LogP contribution >= 0.6 is 50.2 Å². The summed E-state index contributed by atoms with van der Waals surface area (Å²) in [6.07, 6.45) is 0. The number of hydrogen-bond donors (Lipinski definition) is 1. The van der Waals surface area contributed by atoms with Crippen molar-refractivity contribution in [3.8, 4) is 11.3 Å². The van der Waals surface area contributed by atoms with Gasteiger partial charge in [-0.2, -0.15) is 0 Å². The SMILES string of the molecule is COC(=O)c1sc(Br)cc1Nc1nc(-c2ccc(Cl)c(C)c2)c(C(C)C)s1. The van der Waals surface area contributed by atoms with Gasteiger partial charge in [-0.1, -0.05) is 31.5 Å². The molecule has 0 amide bonds. The molecule has 1 aromatic carbocycles. The van der Waals surface area contributed by atoms with Gasteiger partial charge in [0, 0.05) is 15.5 Å². The maximum absolute atomic E-state index is 12.0. The highest BCUT2D eigenvalue weighted by molar-refractivity contribution is 9.11. The van der Waals surface area contributed by atoms with E-state index in [2.05, 4.69) is 35.1 Å². The minimum atomic E-state index is -0.373. The molecule has 0 aliphatic rings. The van der Waals surface area contributed by atoms with E-state index in [0.717, 1.165) is 30.8 Å². The van der Waals surface area contributed by atoms with Crippen molar-refractivity contribution in [1.82, 2.24) is 4.98 Å². The molecule has 0 unspecified atom stereocenters. The highest BCUT2D eigenvalue weighted by Crippen LogP contribution is 2.40. The fourth-order valence-corrected chi connectivity index (χ4v) is 5.18. The Labute approximate surface area is 179 Å². The van der Waals surface area contributed by atoms with Crippen molar-refractivity contribution in [2.24, 2.45) is 0 Å². The van der Waals surface area contributed by atoms with Gasteiger partial charge in [-0.25, -0.2) is 9.78 Å². The lowest BCUT2D eigenvalue weighted by atomic mass is 10.0. The lowest BCUT2D eigenvalue weighted by molar-refractivity contribution is 0.0607. The summed E-state index contributed by atoms with van der Waals surface area (Å²) in [5.41, 5.74) is 3.67. The van der Waals surface area contributed by atoms with Gasteiger partial charge in [0.2, 0.25) is 0 Å². The quantitative estimate of drug-likeness (QED) is 0.387. The number of aromatic nitrogens is 1. The number of esters is 1. The van der Waals surface area contributed by atoms with Crippen LogP contribution in [0.1, 0.15) is 39.9 Å². The van der Waals surface area contributed by atoms with Crippen LogP contribution in [0.25, 0.3) is 11.3 Å². The molecule has 2 heterocycles. The molecule has 3 rings (SSSR count). The van der Waals surface area contributed by atoms with Crippen molar-refractivity contribution in [2.75, 3.05) is 12.4 Å². The van der Waals surface area contributed by atoms with Crippen LogP contribution in [0.15, 0.2) is 28.1 Å². The van der Waals surface area contributed by atoms with E-state index in [1.807, 2.05) is 31.2 Å². The predicted molar refractivity (Wildman–Crippen MR) is 118 cm³/mol. The number of carbonyl (C=O) groups excluding carboxylic acids is 1. The zero-order valence-electron chi connectivity index (χ0n) is 15.2. The first kappa shape index (κ1) is 20.3. The third-order valence-corrected chi connectivity index (χ3v) is 7.24. The number of hydrogen-bond acceptors (Lipinski definition) is 6. The van der Waals surface area contributed by atoms with Gasteiger partial charge in [0.05, 0.1) is 22.3 Å². The summed E-state index contributed by atoms with van der Waals surface area (Å²) in [5, 5.41) is 4.75. The van der Waals surface area contributed by atoms with Gasteiger partial charge in [0.1, 0.15) is 4.88 Å². The zero-order chi connectivity index (χ0) is 19.7. The van der Waals surface area contributed by atoms with Gasteiger partial charge >= 0.3 is 5.97 Å². The molecule has 142 valence electrons. The van der Waals surface area contributed by atoms with Crippen LogP contribution in [-0.2, 0) is 4.74 Å². The van der Waals surface area contributed by atoms with Crippen molar-refractivity contribution < 1.29 is 9.53 Å². The maximum atomic E-state index is 12.0. The molecule has 0 fully saturated rings. The third-order valence-electron chi connectivity index (χ3n) is 3.92. The number of aryl methyl sites for hydroxylation is 1. The Kier molecular flexibility index (Phi) is 6.25.